The van der Waals surface area contributed by atoms with E-state index >= 15 is 0 Å². The van der Waals surface area contributed by atoms with Crippen molar-refractivity contribution in [1.29, 1.82) is 5.26 Å². The molecule has 0 aliphatic carbocycles. The van der Waals surface area contributed by atoms with Crippen molar-refractivity contribution in [2.45, 2.75) is 25.7 Å². The molecule has 3 aromatic carbocycles. The minimum Gasteiger partial charge on any atom is -0.439 e. The number of pyridine rings is 1. The molecule has 1 atom stereocenters. The number of rotatable bonds is 3. The first-order valence-corrected chi connectivity index (χ1v) is 10.9. The summed E-state index contributed by atoms with van der Waals surface area (Å²) in [6.45, 7) is 4.25. The van der Waals surface area contributed by atoms with E-state index in [0.717, 1.165) is 22.2 Å². The summed E-state index contributed by atoms with van der Waals surface area (Å²) in [5, 5.41) is 10.7. The van der Waals surface area contributed by atoms with E-state index in [4.69, 9.17) is 10.5 Å². The predicted molar refractivity (Wildman–Crippen MR) is 129 cm³/mol. The lowest BCUT2D eigenvalue weighted by atomic mass is 9.82. The molecule has 2 N–H and O–H groups in total. The molecule has 0 saturated carbocycles. The van der Waals surface area contributed by atoms with Crippen molar-refractivity contribution in [1.82, 2.24) is 4.57 Å². The van der Waals surface area contributed by atoms with Crippen molar-refractivity contribution in [2.75, 3.05) is 0 Å². The van der Waals surface area contributed by atoms with Gasteiger partial charge in [-0.1, -0.05) is 68.4 Å². The molecule has 33 heavy (non-hydrogen) atoms. The highest BCUT2D eigenvalue weighted by atomic mass is 16.5. The fraction of sp³-hybridized carbons (Fsp3) is 0.143. The van der Waals surface area contributed by atoms with E-state index in [0.29, 0.717) is 17.2 Å². The summed E-state index contributed by atoms with van der Waals surface area (Å²) in [5.74, 6) is 0.200. The Hall–Kier alpha value is -4.30. The minimum absolute atomic E-state index is 0.0324. The van der Waals surface area contributed by atoms with Gasteiger partial charge in [0.1, 0.15) is 17.4 Å². The normalized spacial score (nSPS) is 15.3. The highest BCUT2D eigenvalue weighted by Crippen LogP contribution is 2.44. The molecular formula is C28H23N3O2. The fourth-order valence-electron chi connectivity index (χ4n) is 4.51. The maximum atomic E-state index is 14.1. The van der Waals surface area contributed by atoms with Gasteiger partial charge in [-0.2, -0.15) is 5.26 Å². The third-order valence-corrected chi connectivity index (χ3v) is 6.19. The van der Waals surface area contributed by atoms with Gasteiger partial charge in [-0.25, -0.2) is 0 Å². The quantitative estimate of drug-likeness (QED) is 0.473. The Morgan fingerprint density at radius 3 is 2.30 bits per heavy atom. The first-order valence-electron chi connectivity index (χ1n) is 10.9. The van der Waals surface area contributed by atoms with Gasteiger partial charge in [0, 0.05) is 11.1 Å². The molecule has 0 radical (unpaired) electrons. The van der Waals surface area contributed by atoms with Crippen LogP contribution in [0.5, 0.6) is 5.75 Å². The number of nitrogens with two attached hydrogens (primary N) is 1. The van der Waals surface area contributed by atoms with Gasteiger partial charge in [0.2, 0.25) is 5.88 Å². The maximum Gasteiger partial charge on any atom is 0.263 e. The summed E-state index contributed by atoms with van der Waals surface area (Å²) in [5.41, 5.74) is 10.1. The highest BCUT2D eigenvalue weighted by Gasteiger charge is 2.35. The Labute approximate surface area is 192 Å². The van der Waals surface area contributed by atoms with E-state index in [1.807, 2.05) is 78.9 Å². The molecular weight excluding hydrogens is 410 g/mol. The molecule has 0 spiro atoms. The van der Waals surface area contributed by atoms with Crippen LogP contribution in [0, 0.1) is 11.3 Å². The summed E-state index contributed by atoms with van der Waals surface area (Å²) in [7, 11) is 0. The topological polar surface area (TPSA) is 81.0 Å². The number of benzene rings is 3. The lowest BCUT2D eigenvalue weighted by Crippen LogP contribution is -2.31. The first-order chi connectivity index (χ1) is 16.0. The zero-order chi connectivity index (χ0) is 23.1. The fourth-order valence-corrected chi connectivity index (χ4v) is 4.51. The van der Waals surface area contributed by atoms with Crippen molar-refractivity contribution in [2.24, 2.45) is 5.73 Å². The van der Waals surface area contributed by atoms with Crippen LogP contribution >= 0.6 is 0 Å². The number of allylic oxidation sites excluding steroid dienone is 1. The number of hydrogen-bond donors (Lipinski definition) is 1. The van der Waals surface area contributed by atoms with Gasteiger partial charge in [0.25, 0.3) is 5.56 Å². The third kappa shape index (κ3) is 3.28. The Morgan fingerprint density at radius 1 is 0.970 bits per heavy atom. The highest BCUT2D eigenvalue weighted by molar-refractivity contribution is 5.89. The molecule has 4 aromatic rings. The molecule has 5 rings (SSSR count). The van der Waals surface area contributed by atoms with Gasteiger partial charge >= 0.3 is 0 Å². The summed E-state index contributed by atoms with van der Waals surface area (Å²) in [4.78, 5) is 14.1. The summed E-state index contributed by atoms with van der Waals surface area (Å²) in [6, 6.07) is 27.3. The molecule has 0 bridgehead atoms. The standard InChI is InChI=1S/C28H23N3O2/c1-17(2)18-12-14-19(15-13-18)24-22(16-29)27(30)33-26-21-10-6-7-11-23(21)31(28(32)25(24)26)20-8-4-3-5-9-20/h3-15,17,24H,30H2,1-2H3/t24-/m1/s1. The third-order valence-electron chi connectivity index (χ3n) is 6.19. The molecule has 0 unspecified atom stereocenters. The van der Waals surface area contributed by atoms with E-state index < -0.39 is 5.92 Å². The van der Waals surface area contributed by atoms with Crippen LogP contribution in [-0.2, 0) is 0 Å². The first kappa shape index (κ1) is 20.6. The summed E-state index contributed by atoms with van der Waals surface area (Å²) in [6.07, 6.45) is 0. The van der Waals surface area contributed by atoms with Gasteiger partial charge in [-0.05, 0) is 41.3 Å². The van der Waals surface area contributed by atoms with Crippen LogP contribution in [0.15, 0.2) is 95.1 Å². The van der Waals surface area contributed by atoms with Crippen LogP contribution < -0.4 is 16.0 Å². The number of hydrogen-bond acceptors (Lipinski definition) is 4. The SMILES string of the molecule is CC(C)c1ccc([C@@H]2C(C#N)=C(N)Oc3c2c(=O)n(-c2ccccc2)c2ccccc32)cc1. The Kier molecular flexibility index (Phi) is 4.99. The molecule has 1 aliphatic rings. The van der Waals surface area contributed by atoms with Crippen LogP contribution in [0.2, 0.25) is 0 Å². The number of ether oxygens (including phenoxy) is 1. The predicted octanol–water partition coefficient (Wildman–Crippen LogP) is 5.33. The Balaban J connectivity index is 1.87. The zero-order valence-corrected chi connectivity index (χ0v) is 18.4. The molecule has 1 aliphatic heterocycles. The van der Waals surface area contributed by atoms with Gasteiger partial charge in [0.15, 0.2) is 0 Å². The molecule has 162 valence electrons. The molecule has 5 heteroatoms. The lowest BCUT2D eigenvalue weighted by molar-refractivity contribution is 0.396. The van der Waals surface area contributed by atoms with E-state index in [9.17, 15) is 10.1 Å². The summed E-state index contributed by atoms with van der Waals surface area (Å²) < 4.78 is 7.64. The number of aromatic nitrogens is 1. The second kappa shape index (κ2) is 7.99. The van der Waals surface area contributed by atoms with Crippen molar-refractivity contribution in [3.63, 3.8) is 0 Å². The van der Waals surface area contributed by atoms with Crippen LogP contribution in [0.1, 0.15) is 42.4 Å². The number of fused-ring (bicyclic) bond motifs is 3. The minimum atomic E-state index is -0.618. The van der Waals surface area contributed by atoms with Crippen LogP contribution in [0.25, 0.3) is 16.6 Å². The second-order valence-corrected chi connectivity index (χ2v) is 8.48. The van der Waals surface area contributed by atoms with E-state index in [-0.39, 0.29) is 17.0 Å². The Bertz CT molecular complexity index is 1490. The van der Waals surface area contributed by atoms with Crippen LogP contribution in [0.3, 0.4) is 0 Å². The molecule has 2 heterocycles. The van der Waals surface area contributed by atoms with Gasteiger partial charge < -0.3 is 10.5 Å². The van der Waals surface area contributed by atoms with Gasteiger partial charge in [-0.3, -0.25) is 9.36 Å². The molecule has 0 fully saturated rings. The molecule has 5 nitrogen and oxygen atoms in total. The average molecular weight is 434 g/mol. The van der Waals surface area contributed by atoms with E-state index in [2.05, 4.69) is 19.9 Å². The number of nitrogens with zero attached hydrogens (tertiary/aromatic N) is 2. The largest absolute Gasteiger partial charge is 0.439 e. The zero-order valence-electron chi connectivity index (χ0n) is 18.4. The average Bonchev–Trinajstić information content (AvgIpc) is 2.84. The number of para-hydroxylation sites is 2. The van der Waals surface area contributed by atoms with Gasteiger partial charge in [-0.15, -0.1) is 0 Å². The van der Waals surface area contributed by atoms with E-state index in [1.54, 1.807) is 4.57 Å². The van der Waals surface area contributed by atoms with Crippen LogP contribution in [-0.4, -0.2) is 4.57 Å². The van der Waals surface area contributed by atoms with Crippen molar-refractivity contribution in [3.05, 3.63) is 117 Å². The van der Waals surface area contributed by atoms with Gasteiger partial charge in [0.05, 0.1) is 17.0 Å². The maximum absolute atomic E-state index is 14.1. The Morgan fingerprint density at radius 2 is 1.64 bits per heavy atom. The monoisotopic (exact) mass is 433 g/mol. The van der Waals surface area contributed by atoms with Crippen LogP contribution in [0.4, 0.5) is 0 Å². The lowest BCUT2D eigenvalue weighted by Gasteiger charge is -2.28. The van der Waals surface area contributed by atoms with Crippen molar-refractivity contribution < 1.29 is 4.74 Å². The van der Waals surface area contributed by atoms with Crippen molar-refractivity contribution >= 4 is 10.9 Å². The van der Waals surface area contributed by atoms with E-state index in [1.165, 1.54) is 5.56 Å². The summed E-state index contributed by atoms with van der Waals surface area (Å²) >= 11 is 0. The second-order valence-electron chi connectivity index (χ2n) is 8.48. The molecule has 0 amide bonds. The molecule has 1 aromatic heterocycles. The number of nitriles is 1. The molecule has 0 saturated heterocycles. The van der Waals surface area contributed by atoms with Crippen molar-refractivity contribution in [3.8, 4) is 17.5 Å². The smallest absolute Gasteiger partial charge is 0.263 e.